The number of nitrogens with zero attached hydrogens (tertiary/aromatic N) is 1. The second-order valence-corrected chi connectivity index (χ2v) is 19.4. The summed E-state index contributed by atoms with van der Waals surface area (Å²) < 4.78 is 37.9. The molecular formula is C51H57NO13. The summed E-state index contributed by atoms with van der Waals surface area (Å²) in [4.78, 5) is 87.5. The van der Waals surface area contributed by atoms with Gasteiger partial charge in [-0.05, 0) is 74.1 Å². The fraction of sp³-hybridized carbons (Fsp3) is 0.490. The largest absolute Gasteiger partial charge is 0.456 e. The maximum atomic E-state index is 15.8. The summed E-state index contributed by atoms with van der Waals surface area (Å²) in [6.45, 7) is 14.1. The summed E-state index contributed by atoms with van der Waals surface area (Å²) in [6.07, 6.45) is -6.89. The van der Waals surface area contributed by atoms with Crippen molar-refractivity contribution < 1.29 is 62.3 Å². The van der Waals surface area contributed by atoms with Gasteiger partial charge < -0.3 is 38.4 Å². The molecule has 0 radical (unpaired) electrons. The minimum atomic E-state index is -2.24. The fourth-order valence-electron chi connectivity index (χ4n) is 11.7. The number of amides is 1. The summed E-state index contributed by atoms with van der Waals surface area (Å²) in [5, 5.41) is 13.9. The Morgan fingerprint density at radius 3 is 1.92 bits per heavy atom. The average molecular weight is 892 g/mol. The number of fused-ring (bicyclic) bond motifs is 5. The Bertz CT molecular complexity index is 2430. The van der Waals surface area contributed by atoms with Gasteiger partial charge in [-0.2, -0.15) is 0 Å². The van der Waals surface area contributed by atoms with Gasteiger partial charge in [-0.1, -0.05) is 94.4 Å². The predicted molar refractivity (Wildman–Crippen MR) is 232 cm³/mol. The second-order valence-electron chi connectivity index (χ2n) is 19.4. The highest BCUT2D eigenvalue weighted by molar-refractivity contribution is 5.97. The van der Waals surface area contributed by atoms with E-state index in [2.05, 4.69) is 0 Å². The number of hydrogen-bond acceptors (Lipinski definition) is 13. The summed E-state index contributed by atoms with van der Waals surface area (Å²) in [7, 11) is 0. The van der Waals surface area contributed by atoms with Crippen molar-refractivity contribution >= 4 is 35.6 Å². The number of rotatable bonds is 8. The molecule has 14 nitrogen and oxygen atoms in total. The number of carbonyl (C=O) groups is 6. The molecule has 2 saturated heterocycles. The third-order valence-electron chi connectivity index (χ3n) is 15.1. The lowest BCUT2D eigenvalue weighted by Crippen LogP contribution is -2.80. The van der Waals surface area contributed by atoms with Gasteiger partial charge in [-0.15, -0.1) is 0 Å². The van der Waals surface area contributed by atoms with Crippen LogP contribution in [0.25, 0.3) is 0 Å². The summed E-state index contributed by atoms with van der Waals surface area (Å²) in [6, 6.07) is 24.8. The van der Waals surface area contributed by atoms with Crippen molar-refractivity contribution in [3.05, 3.63) is 119 Å². The van der Waals surface area contributed by atoms with Crippen molar-refractivity contribution in [2.45, 2.75) is 129 Å². The second kappa shape index (κ2) is 16.3. The zero-order chi connectivity index (χ0) is 47.0. The molecule has 2 heterocycles. The van der Waals surface area contributed by atoms with E-state index in [0.717, 1.165) is 0 Å². The van der Waals surface area contributed by atoms with Crippen molar-refractivity contribution in [3.8, 4) is 0 Å². The normalized spacial score (nSPS) is 34.4. The van der Waals surface area contributed by atoms with Crippen molar-refractivity contribution in [2.75, 3.05) is 6.61 Å². The standard InChI is InChI=1S/C51H57NO13/c1-28-25-36-50(27-60-36,64-31(4)54)41-43(63-45(57)34-23-17-12-18-24-34)51(59)26-35(29(2)37(47(51,5)6)39(61-30(3)53)42(55)49(28,41)9)62-46(58)40-38(32-19-13-10-14-20-32)52(48(7,8)65-40)44(56)33-21-15-11-16-22-33/h10-24,28,35-36,38-41,43,59H,25-27H2,1-9H3/t28-,35-,36?,38-,39+,40+,41-,43-,49+,50-,51+/m0/s1. The molecule has 1 unspecified atom stereocenters. The van der Waals surface area contributed by atoms with Crippen LogP contribution in [-0.4, -0.2) is 99.6 Å². The van der Waals surface area contributed by atoms with Gasteiger partial charge in [0.05, 0.1) is 24.1 Å². The predicted octanol–water partition coefficient (Wildman–Crippen LogP) is 6.50. The van der Waals surface area contributed by atoms with Crippen LogP contribution < -0.4 is 0 Å². The lowest BCUT2D eigenvalue weighted by Gasteiger charge is -2.68. The Labute approximate surface area is 378 Å². The number of carbonyl (C=O) groups excluding carboxylic acids is 6. The molecule has 3 aromatic carbocycles. The first-order valence-corrected chi connectivity index (χ1v) is 22.1. The number of hydrogen-bond donors (Lipinski definition) is 1. The minimum absolute atomic E-state index is 0.155. The van der Waals surface area contributed by atoms with Gasteiger partial charge in [0.25, 0.3) is 5.91 Å². The molecule has 0 aromatic heterocycles. The first-order valence-electron chi connectivity index (χ1n) is 22.1. The zero-order valence-corrected chi connectivity index (χ0v) is 38.2. The molecule has 5 aliphatic rings. The molecule has 65 heavy (non-hydrogen) atoms. The van der Waals surface area contributed by atoms with Crippen LogP contribution in [0, 0.1) is 22.7 Å². The summed E-state index contributed by atoms with van der Waals surface area (Å²) in [5.41, 5.74) is -6.68. The maximum Gasteiger partial charge on any atom is 0.338 e. The third kappa shape index (κ3) is 7.19. The van der Waals surface area contributed by atoms with Crippen LogP contribution >= 0.6 is 0 Å². The molecule has 2 bridgehead atoms. The van der Waals surface area contributed by atoms with Crippen LogP contribution in [0.3, 0.4) is 0 Å². The molecule has 3 aromatic rings. The first-order chi connectivity index (χ1) is 30.6. The molecule has 2 saturated carbocycles. The third-order valence-corrected chi connectivity index (χ3v) is 15.1. The molecule has 1 N–H and O–H groups in total. The Kier molecular flexibility index (Phi) is 11.5. The summed E-state index contributed by atoms with van der Waals surface area (Å²) in [5.74, 6) is -5.96. The van der Waals surface area contributed by atoms with E-state index < -0.39 is 112 Å². The van der Waals surface area contributed by atoms with E-state index in [4.69, 9.17) is 28.4 Å². The summed E-state index contributed by atoms with van der Waals surface area (Å²) >= 11 is 0. The molecule has 344 valence electrons. The van der Waals surface area contributed by atoms with Crippen LogP contribution in [0.4, 0.5) is 0 Å². The molecule has 4 fully saturated rings. The number of aliphatic hydroxyl groups is 1. The molecule has 8 rings (SSSR count). The molecule has 14 heteroatoms. The Morgan fingerprint density at radius 2 is 1.37 bits per heavy atom. The molecular weight excluding hydrogens is 835 g/mol. The monoisotopic (exact) mass is 891 g/mol. The van der Waals surface area contributed by atoms with Gasteiger partial charge in [-0.25, -0.2) is 9.59 Å². The molecule has 0 spiro atoms. The van der Waals surface area contributed by atoms with Crippen LogP contribution in [0.5, 0.6) is 0 Å². The van der Waals surface area contributed by atoms with E-state index >= 15 is 9.59 Å². The van der Waals surface area contributed by atoms with Gasteiger partial charge in [0.15, 0.2) is 23.6 Å². The number of ether oxygens (including phenoxy) is 6. The highest BCUT2D eigenvalue weighted by Gasteiger charge is 2.78. The minimum Gasteiger partial charge on any atom is -0.456 e. The van der Waals surface area contributed by atoms with Gasteiger partial charge in [0.2, 0.25) is 0 Å². The van der Waals surface area contributed by atoms with E-state index in [9.17, 15) is 24.3 Å². The number of ketones is 1. The molecule has 11 atom stereocenters. The van der Waals surface area contributed by atoms with Gasteiger partial charge >= 0.3 is 23.9 Å². The number of Topliss-reactive ketones (excluding diaryl/α,β-unsaturated/α-hetero) is 1. The van der Waals surface area contributed by atoms with Crippen molar-refractivity contribution in [1.82, 2.24) is 4.90 Å². The molecule has 2 aliphatic heterocycles. The van der Waals surface area contributed by atoms with Crippen molar-refractivity contribution in [3.63, 3.8) is 0 Å². The highest BCUT2D eigenvalue weighted by Crippen LogP contribution is 2.66. The average Bonchev–Trinajstić information content (AvgIpc) is 3.55. The lowest BCUT2D eigenvalue weighted by molar-refractivity contribution is -0.340. The Hall–Kier alpha value is -5.70. The van der Waals surface area contributed by atoms with Crippen molar-refractivity contribution in [1.29, 1.82) is 0 Å². The zero-order valence-electron chi connectivity index (χ0n) is 38.2. The van der Waals surface area contributed by atoms with Crippen LogP contribution in [-0.2, 0) is 47.6 Å². The van der Waals surface area contributed by atoms with Crippen LogP contribution in [0.15, 0.2) is 102 Å². The van der Waals surface area contributed by atoms with E-state index in [-0.39, 0.29) is 30.1 Å². The lowest BCUT2D eigenvalue weighted by atomic mass is 9.43. The van der Waals surface area contributed by atoms with Crippen LogP contribution in [0.1, 0.15) is 107 Å². The van der Waals surface area contributed by atoms with Gasteiger partial charge in [0.1, 0.15) is 29.6 Å². The van der Waals surface area contributed by atoms with E-state index in [1.165, 1.54) is 18.7 Å². The van der Waals surface area contributed by atoms with E-state index in [1.54, 1.807) is 126 Å². The first kappa shape index (κ1) is 45.9. The SMILES string of the molecule is CC(=O)O[C@H]1C(=O)[C@]2(C)[C@@H](C)CC3OC[C@@]3(OC(C)=O)[C@H]2[C@H](OC(=O)c2ccccc2)[C@]2(O)C[C@H](OC(=O)[C@@H]3OC(C)(C)N(C(=O)c4ccccc4)[C@H]3c3ccccc3)C(C)=C1C2(C)C. The quantitative estimate of drug-likeness (QED) is 0.147. The molecule has 1 amide bonds. The topological polar surface area (TPSA) is 181 Å². The van der Waals surface area contributed by atoms with Gasteiger partial charge in [0, 0.05) is 36.7 Å². The van der Waals surface area contributed by atoms with Crippen molar-refractivity contribution in [2.24, 2.45) is 22.7 Å². The van der Waals surface area contributed by atoms with Gasteiger partial charge in [-0.3, -0.25) is 19.2 Å². The Morgan fingerprint density at radius 1 is 0.785 bits per heavy atom. The Balaban J connectivity index is 1.30. The van der Waals surface area contributed by atoms with E-state index in [1.807, 2.05) is 13.0 Å². The number of benzene rings is 3. The van der Waals surface area contributed by atoms with Crippen LogP contribution in [0.2, 0.25) is 0 Å². The maximum absolute atomic E-state index is 15.8. The fourth-order valence-corrected chi connectivity index (χ4v) is 11.7. The molecule has 3 aliphatic carbocycles. The highest BCUT2D eigenvalue weighted by atomic mass is 16.6. The number of esters is 4. The van der Waals surface area contributed by atoms with E-state index in [0.29, 0.717) is 16.7 Å². The smallest absolute Gasteiger partial charge is 0.338 e.